The maximum Gasteiger partial charge on any atom is 0.315 e. The number of hydrogen-bond acceptors (Lipinski definition) is 4. The summed E-state index contributed by atoms with van der Waals surface area (Å²) in [5.74, 6) is 3.55. The van der Waals surface area contributed by atoms with Gasteiger partial charge >= 0.3 is 11.9 Å². The molecule has 0 atom stereocenters. The second kappa shape index (κ2) is 20.0. The maximum atomic E-state index is 13.9. The first-order valence-electron chi connectivity index (χ1n) is 25.4. The summed E-state index contributed by atoms with van der Waals surface area (Å²) in [7, 11) is 0. The fourth-order valence-electron chi connectivity index (χ4n) is 11.7. The largest absolute Gasteiger partial charge is 0.426 e. The lowest BCUT2D eigenvalue weighted by Gasteiger charge is -2.27. The lowest BCUT2D eigenvalue weighted by molar-refractivity contribution is -0.134. The average Bonchev–Trinajstić information content (AvgIpc) is 3.35. The number of carbonyl (C=O) groups excluding carboxylic acids is 2. The molecule has 0 amide bonds. The number of aryl methyl sites for hydroxylation is 2. The van der Waals surface area contributed by atoms with E-state index in [1.165, 1.54) is 95.9 Å². The SMILES string of the molecule is CC1CCC(c2ccc(-c3ccc(CC(=O)Oc4ccc5c(c4-c4c(OC(=O)Cc6ccc(-c7ccc(C8CCC(C)CC8)cc7)cc6)ccc6c4CCCC6)CCCC5)cc3)cc2)CC1. The van der Waals surface area contributed by atoms with E-state index in [1.54, 1.807) is 0 Å². The van der Waals surface area contributed by atoms with Crippen molar-refractivity contribution in [2.45, 2.75) is 141 Å². The summed E-state index contributed by atoms with van der Waals surface area (Å²) in [5.41, 5.74) is 16.3. The normalized spacial score (nSPS) is 20.5. The first kappa shape index (κ1) is 44.1. The molecule has 0 aliphatic heterocycles. The molecule has 6 aromatic rings. The van der Waals surface area contributed by atoms with E-state index in [4.69, 9.17) is 9.47 Å². The molecule has 4 heteroatoms. The molecule has 4 aliphatic rings. The van der Waals surface area contributed by atoms with Crippen molar-refractivity contribution in [2.75, 3.05) is 0 Å². The number of fused-ring (bicyclic) bond motifs is 2. The summed E-state index contributed by atoms with van der Waals surface area (Å²) in [4.78, 5) is 27.9. The van der Waals surface area contributed by atoms with E-state index >= 15 is 0 Å². The third kappa shape index (κ3) is 9.99. The highest BCUT2D eigenvalue weighted by molar-refractivity contribution is 5.88. The molecule has 10 rings (SSSR count). The fourth-order valence-corrected chi connectivity index (χ4v) is 11.7. The maximum absolute atomic E-state index is 13.9. The molecule has 0 N–H and O–H groups in total. The van der Waals surface area contributed by atoms with Crippen LogP contribution in [0.15, 0.2) is 121 Å². The number of esters is 2. The zero-order valence-electron chi connectivity index (χ0n) is 39.2. The van der Waals surface area contributed by atoms with Crippen LogP contribution in [0.4, 0.5) is 0 Å². The van der Waals surface area contributed by atoms with E-state index in [0.717, 1.165) is 96.6 Å². The Morgan fingerprint density at radius 1 is 0.409 bits per heavy atom. The van der Waals surface area contributed by atoms with Crippen LogP contribution in [0, 0.1) is 11.8 Å². The first-order valence-corrected chi connectivity index (χ1v) is 25.4. The summed E-state index contributed by atoms with van der Waals surface area (Å²) in [6.45, 7) is 4.75. The average molecular weight is 875 g/mol. The van der Waals surface area contributed by atoms with Crippen molar-refractivity contribution in [1.29, 1.82) is 0 Å². The van der Waals surface area contributed by atoms with Crippen LogP contribution in [0.2, 0.25) is 0 Å². The van der Waals surface area contributed by atoms with E-state index in [-0.39, 0.29) is 24.8 Å². The van der Waals surface area contributed by atoms with Gasteiger partial charge in [-0.05, 0) is 180 Å². The number of carbonyl (C=O) groups is 2. The van der Waals surface area contributed by atoms with Crippen molar-refractivity contribution in [2.24, 2.45) is 11.8 Å². The van der Waals surface area contributed by atoms with Crippen LogP contribution in [0.1, 0.15) is 147 Å². The second-order valence-corrected chi connectivity index (χ2v) is 20.4. The zero-order chi connectivity index (χ0) is 45.0. The number of rotatable bonds is 11. The van der Waals surface area contributed by atoms with Gasteiger partial charge in [-0.3, -0.25) is 9.59 Å². The van der Waals surface area contributed by atoms with E-state index in [0.29, 0.717) is 23.3 Å². The number of benzene rings is 6. The molecule has 66 heavy (non-hydrogen) atoms. The van der Waals surface area contributed by atoms with Gasteiger partial charge in [-0.2, -0.15) is 0 Å². The molecule has 0 heterocycles. The van der Waals surface area contributed by atoms with Crippen LogP contribution in [0.25, 0.3) is 33.4 Å². The van der Waals surface area contributed by atoms with Crippen molar-refractivity contribution < 1.29 is 19.1 Å². The van der Waals surface area contributed by atoms with Crippen LogP contribution in [-0.2, 0) is 48.1 Å². The molecule has 2 saturated carbocycles. The smallest absolute Gasteiger partial charge is 0.315 e. The Hall–Kier alpha value is -5.74. The number of ether oxygens (including phenoxy) is 2. The van der Waals surface area contributed by atoms with Crippen LogP contribution in [0.3, 0.4) is 0 Å². The summed E-state index contributed by atoms with van der Waals surface area (Å²) >= 11 is 0. The molecule has 0 radical (unpaired) electrons. The van der Waals surface area contributed by atoms with Crippen molar-refractivity contribution in [3.63, 3.8) is 0 Å². The highest BCUT2D eigenvalue weighted by Gasteiger charge is 2.29. The molecular formula is C62H66O4. The van der Waals surface area contributed by atoms with E-state index in [1.807, 2.05) is 12.1 Å². The minimum Gasteiger partial charge on any atom is -0.426 e. The van der Waals surface area contributed by atoms with Crippen molar-refractivity contribution in [3.05, 3.63) is 166 Å². The van der Waals surface area contributed by atoms with Gasteiger partial charge in [-0.15, -0.1) is 0 Å². The topological polar surface area (TPSA) is 52.6 Å². The summed E-state index contributed by atoms with van der Waals surface area (Å²) in [6, 6.07) is 43.1. The van der Waals surface area contributed by atoms with Crippen LogP contribution < -0.4 is 9.47 Å². The van der Waals surface area contributed by atoms with Crippen LogP contribution >= 0.6 is 0 Å². The monoisotopic (exact) mass is 874 g/mol. The Kier molecular flexibility index (Phi) is 13.4. The minimum atomic E-state index is -0.299. The van der Waals surface area contributed by atoms with E-state index in [9.17, 15) is 9.59 Å². The van der Waals surface area contributed by atoms with Gasteiger partial charge in [0, 0.05) is 11.1 Å². The predicted octanol–water partition coefficient (Wildman–Crippen LogP) is 15.3. The minimum absolute atomic E-state index is 0.161. The fraction of sp³-hybridized carbons (Fsp3) is 0.387. The van der Waals surface area contributed by atoms with Gasteiger partial charge in [0.15, 0.2) is 0 Å². The third-order valence-electron chi connectivity index (χ3n) is 15.8. The Bertz CT molecular complexity index is 2450. The molecule has 4 aliphatic carbocycles. The molecule has 338 valence electrons. The predicted molar refractivity (Wildman–Crippen MR) is 268 cm³/mol. The van der Waals surface area contributed by atoms with Gasteiger partial charge in [0.2, 0.25) is 0 Å². The van der Waals surface area contributed by atoms with Gasteiger partial charge in [0.05, 0.1) is 12.8 Å². The van der Waals surface area contributed by atoms with Crippen LogP contribution in [-0.4, -0.2) is 11.9 Å². The van der Waals surface area contributed by atoms with Gasteiger partial charge in [0.25, 0.3) is 0 Å². The molecule has 0 unspecified atom stereocenters. The standard InChI is InChI=1S/C62H66O4/c1-41-11-19-45(20-12-41)49-27-31-51(32-28-49)47-23-15-43(16-24-47)39-59(63)65-57-37-35-53-7-3-5-9-55(53)61(57)62-56-10-6-4-8-54(56)36-38-58(62)66-60(64)40-44-17-25-48(26-18-44)52-33-29-50(30-34-52)46-21-13-42(2)14-22-46/h15-18,23-38,41-42,45-46H,3-14,19-22,39-40H2,1-2H3. The lowest BCUT2D eigenvalue weighted by atomic mass is 9.79. The summed E-state index contributed by atoms with van der Waals surface area (Å²) < 4.78 is 12.8. The first-order chi connectivity index (χ1) is 32.3. The van der Waals surface area contributed by atoms with Gasteiger partial charge in [0.1, 0.15) is 11.5 Å². The van der Waals surface area contributed by atoms with Crippen molar-refractivity contribution in [3.8, 4) is 44.9 Å². The Labute approximate surface area is 393 Å². The van der Waals surface area contributed by atoms with Gasteiger partial charge in [-0.1, -0.05) is 149 Å². The Morgan fingerprint density at radius 2 is 0.742 bits per heavy atom. The number of hydrogen-bond donors (Lipinski definition) is 0. The molecule has 0 aromatic heterocycles. The van der Waals surface area contributed by atoms with Crippen molar-refractivity contribution in [1.82, 2.24) is 0 Å². The highest BCUT2D eigenvalue weighted by atomic mass is 16.5. The molecular weight excluding hydrogens is 809 g/mol. The molecule has 0 bridgehead atoms. The Balaban J connectivity index is 0.857. The molecule has 0 spiro atoms. The quantitative estimate of drug-likeness (QED) is 0.0961. The van der Waals surface area contributed by atoms with Crippen LogP contribution in [0.5, 0.6) is 11.5 Å². The van der Waals surface area contributed by atoms with E-state index < -0.39 is 0 Å². The molecule has 2 fully saturated rings. The van der Waals surface area contributed by atoms with E-state index in [2.05, 4.69) is 123 Å². The lowest BCUT2D eigenvalue weighted by Crippen LogP contribution is -2.17. The van der Waals surface area contributed by atoms with Crippen molar-refractivity contribution >= 4 is 11.9 Å². The second-order valence-electron chi connectivity index (χ2n) is 20.4. The molecule has 4 nitrogen and oxygen atoms in total. The summed E-state index contributed by atoms with van der Waals surface area (Å²) in [6.07, 6.45) is 18.9. The molecule has 0 saturated heterocycles. The zero-order valence-corrected chi connectivity index (χ0v) is 39.2. The third-order valence-corrected chi connectivity index (χ3v) is 15.8. The molecule has 6 aromatic carbocycles. The Morgan fingerprint density at radius 3 is 1.11 bits per heavy atom. The van der Waals surface area contributed by atoms with Gasteiger partial charge in [-0.25, -0.2) is 0 Å². The van der Waals surface area contributed by atoms with Gasteiger partial charge < -0.3 is 9.47 Å². The highest BCUT2D eigenvalue weighted by Crippen LogP contribution is 2.47. The summed E-state index contributed by atoms with van der Waals surface area (Å²) in [5, 5.41) is 0.